The van der Waals surface area contributed by atoms with E-state index >= 15 is 0 Å². The summed E-state index contributed by atoms with van der Waals surface area (Å²) in [5.74, 6) is -0.438. The topological polar surface area (TPSA) is 54.0 Å². The van der Waals surface area contributed by atoms with Crippen LogP contribution in [0.5, 0.6) is 0 Å². The number of carbonyl (C=O) groups excluding carboxylic acids is 1. The van der Waals surface area contributed by atoms with Crippen LogP contribution in [0.3, 0.4) is 0 Å². The lowest BCUT2D eigenvalue weighted by atomic mass is 10.3. The molecule has 0 fully saturated rings. The Kier molecular flexibility index (Phi) is 11.5. The molecule has 0 aliphatic heterocycles. The lowest BCUT2D eigenvalue weighted by Crippen LogP contribution is -2.49. The van der Waals surface area contributed by atoms with E-state index in [1.54, 1.807) is 0 Å². The molecular weight excluding hydrogens is 288 g/mol. The standard InChI is InChI=1S/C15H30O5Si/c1-6-10-18-21(19-11-7-2,20-14(5)8-3)13-12-17-15(16)9-4/h9,14H,4,6-8,10-13H2,1-3,5H3. The number of rotatable bonds is 13. The Hall–Kier alpha value is -0.693. The Bertz CT molecular complexity index is 288. The van der Waals surface area contributed by atoms with Crippen LogP contribution >= 0.6 is 0 Å². The molecule has 0 saturated carbocycles. The molecule has 0 heterocycles. The van der Waals surface area contributed by atoms with Gasteiger partial charge in [-0.15, -0.1) is 0 Å². The lowest BCUT2D eigenvalue weighted by Gasteiger charge is -2.32. The van der Waals surface area contributed by atoms with Gasteiger partial charge in [-0.3, -0.25) is 0 Å². The lowest BCUT2D eigenvalue weighted by molar-refractivity contribution is -0.137. The van der Waals surface area contributed by atoms with Crippen molar-refractivity contribution in [2.75, 3.05) is 19.8 Å². The van der Waals surface area contributed by atoms with Crippen LogP contribution < -0.4 is 0 Å². The van der Waals surface area contributed by atoms with Crippen LogP contribution in [0.1, 0.15) is 47.0 Å². The van der Waals surface area contributed by atoms with E-state index < -0.39 is 14.8 Å². The smallest absolute Gasteiger partial charge is 0.463 e. The highest BCUT2D eigenvalue weighted by atomic mass is 28.4. The van der Waals surface area contributed by atoms with E-state index in [1.807, 2.05) is 20.8 Å². The third-order valence-electron chi connectivity index (χ3n) is 2.83. The first-order valence-corrected chi connectivity index (χ1v) is 9.71. The Morgan fingerprint density at radius 2 is 1.71 bits per heavy atom. The Morgan fingerprint density at radius 3 is 2.14 bits per heavy atom. The van der Waals surface area contributed by atoms with E-state index in [0.717, 1.165) is 25.3 Å². The average molecular weight is 318 g/mol. The monoisotopic (exact) mass is 318 g/mol. The first kappa shape index (κ1) is 20.3. The van der Waals surface area contributed by atoms with E-state index in [0.29, 0.717) is 19.3 Å². The van der Waals surface area contributed by atoms with E-state index in [1.165, 1.54) is 0 Å². The summed E-state index contributed by atoms with van der Waals surface area (Å²) >= 11 is 0. The van der Waals surface area contributed by atoms with Gasteiger partial charge in [-0.25, -0.2) is 4.79 Å². The highest BCUT2D eigenvalue weighted by molar-refractivity contribution is 6.60. The normalized spacial score (nSPS) is 13.0. The average Bonchev–Trinajstić information content (AvgIpc) is 2.50. The number of carbonyl (C=O) groups is 1. The van der Waals surface area contributed by atoms with Gasteiger partial charge in [0.2, 0.25) is 0 Å². The molecule has 0 aromatic rings. The predicted octanol–water partition coefficient (Wildman–Crippen LogP) is 3.32. The summed E-state index contributed by atoms with van der Waals surface area (Å²) in [5, 5.41) is 0. The molecule has 1 unspecified atom stereocenters. The second-order valence-electron chi connectivity index (χ2n) is 4.84. The molecule has 6 heteroatoms. The first-order chi connectivity index (χ1) is 10.0. The molecule has 0 rings (SSSR count). The van der Waals surface area contributed by atoms with Gasteiger partial charge in [0.1, 0.15) is 0 Å². The van der Waals surface area contributed by atoms with Gasteiger partial charge < -0.3 is 18.0 Å². The third-order valence-corrected chi connectivity index (χ3v) is 5.69. The van der Waals surface area contributed by atoms with E-state index in [2.05, 4.69) is 13.5 Å². The quantitative estimate of drug-likeness (QED) is 0.296. The molecule has 0 saturated heterocycles. The fourth-order valence-corrected chi connectivity index (χ4v) is 4.34. The van der Waals surface area contributed by atoms with E-state index in [9.17, 15) is 4.79 Å². The molecule has 0 radical (unpaired) electrons. The molecule has 0 N–H and O–H groups in total. The third kappa shape index (κ3) is 9.03. The zero-order valence-corrected chi connectivity index (χ0v) is 14.9. The van der Waals surface area contributed by atoms with Crippen molar-refractivity contribution >= 4 is 14.8 Å². The molecule has 0 bridgehead atoms. The molecular formula is C15H30O5Si. The summed E-state index contributed by atoms with van der Waals surface area (Å²) in [7, 11) is -2.81. The van der Waals surface area contributed by atoms with Gasteiger partial charge in [-0.2, -0.15) is 0 Å². The van der Waals surface area contributed by atoms with Gasteiger partial charge in [-0.05, 0) is 26.2 Å². The second-order valence-corrected chi connectivity index (χ2v) is 7.52. The molecule has 0 aromatic heterocycles. The van der Waals surface area contributed by atoms with E-state index in [-0.39, 0.29) is 12.7 Å². The van der Waals surface area contributed by atoms with Crippen molar-refractivity contribution in [3.05, 3.63) is 12.7 Å². The van der Waals surface area contributed by atoms with Gasteiger partial charge in [0.15, 0.2) is 0 Å². The van der Waals surface area contributed by atoms with Crippen molar-refractivity contribution in [3.8, 4) is 0 Å². The van der Waals surface area contributed by atoms with Gasteiger partial charge in [0, 0.05) is 25.4 Å². The summed E-state index contributed by atoms with van der Waals surface area (Å²) in [4.78, 5) is 11.2. The van der Waals surface area contributed by atoms with Crippen LogP contribution in [0.4, 0.5) is 0 Å². The number of hydrogen-bond donors (Lipinski definition) is 0. The van der Waals surface area contributed by atoms with Crippen LogP contribution in [-0.2, 0) is 22.8 Å². The van der Waals surface area contributed by atoms with Gasteiger partial charge in [0.25, 0.3) is 0 Å². The summed E-state index contributed by atoms with van der Waals surface area (Å²) in [5.41, 5.74) is 0. The van der Waals surface area contributed by atoms with Crippen molar-refractivity contribution in [2.24, 2.45) is 0 Å². The molecule has 0 spiro atoms. The number of hydrogen-bond acceptors (Lipinski definition) is 5. The predicted molar refractivity (Wildman–Crippen MR) is 85.0 cm³/mol. The van der Waals surface area contributed by atoms with Crippen molar-refractivity contribution in [3.63, 3.8) is 0 Å². The van der Waals surface area contributed by atoms with Crippen molar-refractivity contribution in [1.82, 2.24) is 0 Å². The SMILES string of the molecule is C=CC(=O)OCC[Si](OCCC)(OCCC)OC(C)CC. The Balaban J connectivity index is 4.76. The highest BCUT2D eigenvalue weighted by Crippen LogP contribution is 2.20. The van der Waals surface area contributed by atoms with Crippen molar-refractivity contribution in [2.45, 2.75) is 59.1 Å². The molecule has 0 aliphatic rings. The maximum atomic E-state index is 11.2. The van der Waals surface area contributed by atoms with Crippen molar-refractivity contribution < 1.29 is 22.8 Å². The minimum absolute atomic E-state index is 0.0560. The minimum atomic E-state index is -2.81. The largest absolute Gasteiger partial charge is 0.504 e. The van der Waals surface area contributed by atoms with Crippen molar-refractivity contribution in [1.29, 1.82) is 0 Å². The summed E-state index contributed by atoms with van der Waals surface area (Å²) < 4.78 is 23.0. The number of esters is 1. The number of ether oxygens (including phenoxy) is 1. The maximum Gasteiger partial charge on any atom is 0.504 e. The molecule has 0 aromatic carbocycles. The molecule has 1 atom stereocenters. The van der Waals surface area contributed by atoms with Gasteiger partial charge in [0.05, 0.1) is 12.7 Å². The van der Waals surface area contributed by atoms with E-state index in [4.69, 9.17) is 18.0 Å². The van der Waals surface area contributed by atoms with Crippen LogP contribution in [0, 0.1) is 0 Å². The summed E-state index contributed by atoms with van der Waals surface area (Å²) in [6, 6.07) is 0.469. The molecule has 124 valence electrons. The van der Waals surface area contributed by atoms with Gasteiger partial charge in [-0.1, -0.05) is 27.4 Å². The fourth-order valence-electron chi connectivity index (χ4n) is 1.55. The van der Waals surface area contributed by atoms with Crippen LogP contribution in [0.15, 0.2) is 12.7 Å². The summed E-state index contributed by atoms with van der Waals surface area (Å²) in [6.45, 7) is 12.9. The zero-order valence-electron chi connectivity index (χ0n) is 13.9. The Labute approximate surface area is 130 Å². The van der Waals surface area contributed by atoms with Crippen LogP contribution in [0.25, 0.3) is 0 Å². The highest BCUT2D eigenvalue weighted by Gasteiger charge is 2.42. The Morgan fingerprint density at radius 1 is 1.14 bits per heavy atom. The summed E-state index contributed by atoms with van der Waals surface area (Å²) in [6.07, 6.45) is 3.87. The second kappa shape index (κ2) is 11.9. The maximum absolute atomic E-state index is 11.2. The fraction of sp³-hybridized carbons (Fsp3) is 0.800. The van der Waals surface area contributed by atoms with Gasteiger partial charge >= 0.3 is 14.8 Å². The molecule has 0 amide bonds. The van der Waals surface area contributed by atoms with Crippen LogP contribution in [-0.4, -0.2) is 40.7 Å². The molecule has 5 nitrogen and oxygen atoms in total. The molecule has 21 heavy (non-hydrogen) atoms. The molecule has 0 aliphatic carbocycles. The first-order valence-electron chi connectivity index (χ1n) is 7.78. The minimum Gasteiger partial charge on any atom is -0.463 e. The zero-order chi connectivity index (χ0) is 16.1. The van der Waals surface area contributed by atoms with Crippen LogP contribution in [0.2, 0.25) is 6.04 Å².